The number of benzene rings is 1. The summed E-state index contributed by atoms with van der Waals surface area (Å²) in [5.74, 6) is -1.41. The van der Waals surface area contributed by atoms with Gasteiger partial charge in [0.2, 0.25) is 0 Å². The first kappa shape index (κ1) is 19.4. The largest absolute Gasteiger partial charge is 0.598 e. The fourth-order valence-electron chi connectivity index (χ4n) is 2.94. The van der Waals surface area contributed by atoms with Gasteiger partial charge in [-0.25, -0.2) is 4.98 Å². The van der Waals surface area contributed by atoms with Crippen LogP contribution in [0.25, 0.3) is 0 Å². The molecule has 0 aliphatic carbocycles. The number of halogens is 3. The highest BCUT2D eigenvalue weighted by Crippen LogP contribution is 2.50. The Bertz CT molecular complexity index is 886. The van der Waals surface area contributed by atoms with Gasteiger partial charge in [-0.05, 0) is 24.3 Å². The molecule has 6 nitrogen and oxygen atoms in total. The van der Waals surface area contributed by atoms with E-state index in [1.54, 1.807) is 18.2 Å². The van der Waals surface area contributed by atoms with E-state index in [-0.39, 0.29) is 22.9 Å². The molecular weight excluding hydrogens is 451 g/mol. The summed E-state index contributed by atoms with van der Waals surface area (Å²) in [6.45, 7) is 0. The molecule has 1 N–H and O–H groups in total. The fraction of sp³-hybridized carbons (Fsp3) is 0.250. The summed E-state index contributed by atoms with van der Waals surface area (Å²) in [4.78, 5) is 15.8. The lowest BCUT2D eigenvalue weighted by molar-refractivity contribution is -0.141. The summed E-state index contributed by atoms with van der Waals surface area (Å²) in [5.41, 5.74) is -0.685. The van der Waals surface area contributed by atoms with E-state index in [2.05, 4.69) is 25.6 Å². The number of nitrogens with one attached hydrogen (secondary N) is 1. The number of hydrogen-bond acceptors (Lipinski definition) is 6. The number of methoxy groups -OCH3 is 1. The molecule has 1 aliphatic rings. The lowest BCUT2D eigenvalue weighted by Gasteiger charge is -2.39. The summed E-state index contributed by atoms with van der Waals surface area (Å²) in [7, 11) is 1.24. The van der Waals surface area contributed by atoms with E-state index in [9.17, 15) is 13.7 Å². The molecule has 10 heteroatoms. The Morgan fingerprint density at radius 1 is 1.50 bits per heavy atom. The van der Waals surface area contributed by atoms with Crippen LogP contribution < -0.4 is 9.46 Å². The van der Waals surface area contributed by atoms with Crippen molar-refractivity contribution in [2.75, 3.05) is 13.4 Å². The summed E-state index contributed by atoms with van der Waals surface area (Å²) >= 11 is 7.74. The lowest BCUT2D eigenvalue weighted by atomic mass is 9.79. The van der Waals surface area contributed by atoms with Gasteiger partial charge in [0.25, 0.3) is 5.95 Å². The zero-order valence-corrected chi connectivity index (χ0v) is 16.8. The number of esters is 1. The van der Waals surface area contributed by atoms with Crippen LogP contribution in [0, 0.1) is 5.95 Å². The summed E-state index contributed by atoms with van der Waals surface area (Å²) in [5, 5.41) is -0.124. The standard InChI is InChI=1S/C16H13BrClFN2O4S/c1-24-13(22)7-16(21-26(2)23)9-5-8(17)3-4-11(9)25-14-10(16)6-12(18)20-15(14)19/h3-6,21H,7H2,1-2H3. The van der Waals surface area contributed by atoms with Crippen LogP contribution in [0.2, 0.25) is 5.15 Å². The zero-order chi connectivity index (χ0) is 19.1. The average molecular weight is 464 g/mol. The molecule has 26 heavy (non-hydrogen) atoms. The minimum absolute atomic E-state index is 0.124. The van der Waals surface area contributed by atoms with Gasteiger partial charge in [-0.3, -0.25) is 4.79 Å². The maximum absolute atomic E-state index is 14.5. The molecule has 0 spiro atoms. The van der Waals surface area contributed by atoms with E-state index in [1.165, 1.54) is 19.4 Å². The Balaban J connectivity index is 2.35. The molecule has 0 radical (unpaired) electrons. The highest BCUT2D eigenvalue weighted by molar-refractivity contribution is 9.10. The van der Waals surface area contributed by atoms with Gasteiger partial charge in [0.05, 0.1) is 13.5 Å². The van der Waals surface area contributed by atoms with Gasteiger partial charge in [-0.15, -0.1) is 4.72 Å². The third-order valence-corrected chi connectivity index (χ3v) is 5.25. The normalized spacial score (nSPS) is 19.2. The second-order valence-corrected chi connectivity index (χ2v) is 7.98. The molecule has 0 bridgehead atoms. The molecule has 1 aromatic heterocycles. The van der Waals surface area contributed by atoms with Crippen LogP contribution in [0.3, 0.4) is 0 Å². The molecule has 2 heterocycles. The summed E-state index contributed by atoms with van der Waals surface area (Å²) in [6, 6.07) is 6.40. The number of nitrogens with zero attached hydrogens (tertiary/aromatic N) is 1. The molecule has 0 fully saturated rings. The van der Waals surface area contributed by atoms with Crippen molar-refractivity contribution in [3.63, 3.8) is 0 Å². The van der Waals surface area contributed by atoms with Crippen LogP contribution in [0.4, 0.5) is 4.39 Å². The Hall–Kier alpha value is -1.39. The van der Waals surface area contributed by atoms with Gasteiger partial charge in [0.15, 0.2) is 5.75 Å². The lowest BCUT2D eigenvalue weighted by Crippen LogP contribution is -2.49. The Morgan fingerprint density at radius 3 is 2.88 bits per heavy atom. The summed E-state index contributed by atoms with van der Waals surface area (Å²) < 4.78 is 40.6. The first-order chi connectivity index (χ1) is 12.3. The number of aromatic nitrogens is 1. The van der Waals surface area contributed by atoms with Crippen LogP contribution in [0.15, 0.2) is 28.7 Å². The minimum atomic E-state index is -1.57. The third-order valence-electron chi connectivity index (χ3n) is 3.93. The molecule has 0 saturated carbocycles. The topological polar surface area (TPSA) is 83.5 Å². The van der Waals surface area contributed by atoms with Crippen molar-refractivity contribution < 1.29 is 23.2 Å². The Kier molecular flexibility index (Phi) is 5.45. The number of hydrogen-bond donors (Lipinski definition) is 1. The van der Waals surface area contributed by atoms with Crippen LogP contribution in [0.5, 0.6) is 11.5 Å². The van der Waals surface area contributed by atoms with E-state index in [0.717, 1.165) is 0 Å². The predicted molar refractivity (Wildman–Crippen MR) is 98.0 cm³/mol. The van der Waals surface area contributed by atoms with Gasteiger partial charge in [0.1, 0.15) is 22.7 Å². The van der Waals surface area contributed by atoms with E-state index in [1.807, 2.05) is 0 Å². The van der Waals surface area contributed by atoms with Crippen molar-refractivity contribution >= 4 is 44.9 Å². The van der Waals surface area contributed by atoms with Crippen LogP contribution in [-0.4, -0.2) is 28.9 Å². The van der Waals surface area contributed by atoms with Gasteiger partial charge in [-0.2, -0.15) is 4.39 Å². The van der Waals surface area contributed by atoms with Gasteiger partial charge in [0, 0.05) is 27.0 Å². The van der Waals surface area contributed by atoms with Gasteiger partial charge < -0.3 is 14.0 Å². The molecule has 2 atom stereocenters. The number of carbonyl (C=O) groups excluding carboxylic acids is 1. The molecule has 2 unspecified atom stereocenters. The molecule has 2 aromatic rings. The van der Waals surface area contributed by atoms with Crippen molar-refractivity contribution in [2.45, 2.75) is 12.0 Å². The van der Waals surface area contributed by atoms with E-state index in [4.69, 9.17) is 21.1 Å². The molecule has 0 amide bonds. The molecule has 1 aromatic carbocycles. The van der Waals surface area contributed by atoms with E-state index in [0.29, 0.717) is 15.8 Å². The number of pyridine rings is 1. The molecule has 138 valence electrons. The number of rotatable bonds is 4. The highest BCUT2D eigenvalue weighted by Gasteiger charge is 2.48. The van der Waals surface area contributed by atoms with Crippen molar-refractivity contribution in [1.29, 1.82) is 0 Å². The molecular formula is C16H13BrClFN2O4S. The average Bonchev–Trinajstić information content (AvgIpc) is 2.56. The highest BCUT2D eigenvalue weighted by atomic mass is 79.9. The van der Waals surface area contributed by atoms with Gasteiger partial charge >= 0.3 is 5.97 Å². The minimum Gasteiger partial charge on any atom is -0.598 e. The SMILES string of the molecule is COC(=O)CC1(N[S+](C)[O-])c2cc(Br)ccc2Oc2c1cc(Cl)nc2F. The first-order valence-electron chi connectivity index (χ1n) is 7.29. The Morgan fingerprint density at radius 2 is 2.23 bits per heavy atom. The predicted octanol–water partition coefficient (Wildman–Crippen LogP) is 3.43. The van der Waals surface area contributed by atoms with Crippen LogP contribution in [0.1, 0.15) is 17.5 Å². The van der Waals surface area contributed by atoms with Crippen LogP contribution >= 0.6 is 27.5 Å². The number of fused-ring (bicyclic) bond motifs is 2. The van der Waals surface area contributed by atoms with Crippen molar-refractivity contribution in [2.24, 2.45) is 0 Å². The van der Waals surface area contributed by atoms with Crippen molar-refractivity contribution in [3.8, 4) is 11.5 Å². The maximum atomic E-state index is 14.5. The zero-order valence-electron chi connectivity index (χ0n) is 13.6. The molecule has 0 saturated heterocycles. The van der Waals surface area contributed by atoms with E-state index >= 15 is 0 Å². The number of ether oxygens (including phenoxy) is 2. The third kappa shape index (κ3) is 3.41. The quantitative estimate of drug-likeness (QED) is 0.425. The monoisotopic (exact) mass is 462 g/mol. The maximum Gasteiger partial charge on any atom is 0.308 e. The Labute approximate surface area is 165 Å². The second kappa shape index (κ2) is 7.32. The van der Waals surface area contributed by atoms with Gasteiger partial charge in [-0.1, -0.05) is 27.5 Å². The van der Waals surface area contributed by atoms with Crippen molar-refractivity contribution in [3.05, 3.63) is 51.0 Å². The summed E-state index contributed by atoms with van der Waals surface area (Å²) in [6.07, 6.45) is 1.15. The molecule has 1 aliphatic heterocycles. The van der Waals surface area contributed by atoms with Crippen LogP contribution in [-0.2, 0) is 26.4 Å². The fourth-order valence-corrected chi connectivity index (χ4v) is 4.26. The van der Waals surface area contributed by atoms with Crippen molar-refractivity contribution in [1.82, 2.24) is 9.71 Å². The second-order valence-electron chi connectivity index (χ2n) is 5.57. The number of carbonyl (C=O) groups is 1. The molecule has 3 rings (SSSR count). The smallest absolute Gasteiger partial charge is 0.308 e. The first-order valence-corrected chi connectivity index (χ1v) is 10.0. The van der Waals surface area contributed by atoms with E-state index < -0.39 is 28.8 Å².